The number of hydrogen-bond donors (Lipinski definition) is 4. The maximum absolute atomic E-state index is 12.2. The number of nitrogen functional groups attached to an aromatic ring is 1. The largest absolute Gasteiger partial charge is 0.493 e. The second-order valence-corrected chi connectivity index (χ2v) is 5.64. The minimum absolute atomic E-state index is 0.0954. The quantitative estimate of drug-likeness (QED) is 0.512. The van der Waals surface area contributed by atoms with Gasteiger partial charge in [-0.15, -0.1) is 0 Å². The molecule has 144 valence electrons. The van der Waals surface area contributed by atoms with Gasteiger partial charge in [-0.25, -0.2) is 9.59 Å². The van der Waals surface area contributed by atoms with Crippen molar-refractivity contribution in [3.8, 4) is 22.6 Å². The zero-order valence-corrected chi connectivity index (χ0v) is 14.9. The molecule has 1 aromatic heterocycles. The second-order valence-electron chi connectivity index (χ2n) is 5.64. The van der Waals surface area contributed by atoms with Gasteiger partial charge in [-0.1, -0.05) is 25.5 Å². The zero-order valence-electron chi connectivity index (χ0n) is 14.9. The molecule has 9 nitrogen and oxygen atoms in total. The molecular weight excluding hydrogens is 356 g/mol. The number of aromatic amines is 1. The number of H-pyrrole nitrogens is 1. The molecule has 0 unspecified atom stereocenters. The van der Waals surface area contributed by atoms with Crippen molar-refractivity contribution in [2.24, 2.45) is 0 Å². The summed E-state index contributed by atoms with van der Waals surface area (Å²) in [6.07, 6.45) is 1.57. The second kappa shape index (κ2) is 8.26. The number of benzene rings is 1. The van der Waals surface area contributed by atoms with Gasteiger partial charge in [0.25, 0.3) is 5.56 Å². The van der Waals surface area contributed by atoms with Crippen molar-refractivity contribution in [2.75, 3.05) is 19.5 Å². The van der Waals surface area contributed by atoms with Gasteiger partial charge in [0.05, 0.1) is 13.7 Å². The Morgan fingerprint density at radius 1 is 1.19 bits per heavy atom. The summed E-state index contributed by atoms with van der Waals surface area (Å²) in [7, 11) is 1.40. The zero-order chi connectivity index (χ0) is 20.1. The predicted molar refractivity (Wildman–Crippen MR) is 97.8 cm³/mol. The maximum Gasteiger partial charge on any atom is 0.342 e. The van der Waals surface area contributed by atoms with Crippen LogP contribution in [0.2, 0.25) is 0 Å². The van der Waals surface area contributed by atoms with E-state index >= 15 is 0 Å². The molecule has 5 N–H and O–H groups in total. The van der Waals surface area contributed by atoms with Crippen LogP contribution in [0.3, 0.4) is 0 Å². The highest BCUT2D eigenvalue weighted by atomic mass is 16.5. The van der Waals surface area contributed by atoms with Crippen LogP contribution in [-0.2, 0) is 0 Å². The average Bonchev–Trinajstić information content (AvgIpc) is 2.60. The van der Waals surface area contributed by atoms with Crippen LogP contribution in [0.25, 0.3) is 11.1 Å². The first-order valence-corrected chi connectivity index (χ1v) is 8.15. The van der Waals surface area contributed by atoms with Crippen LogP contribution in [0.5, 0.6) is 11.5 Å². The number of aromatic nitrogens is 1. The highest BCUT2D eigenvalue weighted by molar-refractivity contribution is 6.08. The Hall–Kier alpha value is -3.49. The monoisotopic (exact) mass is 376 g/mol. The Kier molecular flexibility index (Phi) is 6.07. The molecule has 0 bridgehead atoms. The number of carboxylic acid groups (broad SMARTS) is 2. The van der Waals surface area contributed by atoms with E-state index in [1.165, 1.54) is 19.2 Å². The van der Waals surface area contributed by atoms with E-state index in [4.69, 9.17) is 15.2 Å². The van der Waals surface area contributed by atoms with E-state index in [-0.39, 0.29) is 22.6 Å². The minimum atomic E-state index is -1.59. The van der Waals surface area contributed by atoms with Crippen LogP contribution in [0.4, 0.5) is 5.82 Å². The third-order valence-electron chi connectivity index (χ3n) is 3.88. The number of hydrogen-bond acceptors (Lipinski definition) is 6. The van der Waals surface area contributed by atoms with E-state index in [0.29, 0.717) is 13.0 Å². The molecule has 27 heavy (non-hydrogen) atoms. The smallest absolute Gasteiger partial charge is 0.342 e. The summed E-state index contributed by atoms with van der Waals surface area (Å²) in [5.41, 5.74) is 3.15. The van der Waals surface area contributed by atoms with Gasteiger partial charge in [0.1, 0.15) is 16.9 Å². The average molecular weight is 376 g/mol. The topological polar surface area (TPSA) is 152 Å². The minimum Gasteiger partial charge on any atom is -0.493 e. The number of anilines is 1. The van der Waals surface area contributed by atoms with Crippen molar-refractivity contribution < 1.29 is 29.3 Å². The molecule has 1 heterocycles. The SMILES string of the molecule is CCCCOc1c(OC)cccc1-c1c(C(=O)O)c(N)[nH]c(=O)c1C(=O)O. The van der Waals surface area contributed by atoms with Crippen molar-refractivity contribution >= 4 is 17.8 Å². The summed E-state index contributed by atoms with van der Waals surface area (Å²) >= 11 is 0. The molecule has 0 radical (unpaired) electrons. The van der Waals surface area contributed by atoms with Crippen molar-refractivity contribution in [3.05, 3.63) is 39.7 Å². The van der Waals surface area contributed by atoms with E-state index in [9.17, 15) is 24.6 Å². The Morgan fingerprint density at radius 2 is 1.85 bits per heavy atom. The number of pyridine rings is 1. The number of carbonyl (C=O) groups is 2. The summed E-state index contributed by atoms with van der Waals surface area (Å²) in [5.74, 6) is -3.10. The van der Waals surface area contributed by atoms with Gasteiger partial charge >= 0.3 is 11.9 Å². The fourth-order valence-corrected chi connectivity index (χ4v) is 2.66. The molecule has 2 rings (SSSR count). The van der Waals surface area contributed by atoms with E-state index in [2.05, 4.69) is 4.98 Å². The first-order valence-electron chi connectivity index (χ1n) is 8.15. The summed E-state index contributed by atoms with van der Waals surface area (Å²) in [5, 5.41) is 19.1. The number of para-hydroxylation sites is 1. The number of nitrogens with one attached hydrogen (secondary N) is 1. The molecule has 9 heteroatoms. The summed E-state index contributed by atoms with van der Waals surface area (Å²) in [6.45, 7) is 2.27. The number of methoxy groups -OCH3 is 1. The highest BCUT2D eigenvalue weighted by Gasteiger charge is 2.29. The Bertz CT molecular complexity index is 934. The first kappa shape index (κ1) is 19.8. The molecule has 0 aliphatic carbocycles. The van der Waals surface area contributed by atoms with Crippen LogP contribution in [0.1, 0.15) is 40.5 Å². The molecule has 0 atom stereocenters. The fourth-order valence-electron chi connectivity index (χ4n) is 2.66. The van der Waals surface area contributed by atoms with E-state index < -0.39 is 34.4 Å². The van der Waals surface area contributed by atoms with Crippen molar-refractivity contribution in [1.82, 2.24) is 4.98 Å². The fraction of sp³-hybridized carbons (Fsp3) is 0.278. The molecule has 2 aromatic rings. The van der Waals surface area contributed by atoms with Crippen molar-refractivity contribution in [2.45, 2.75) is 19.8 Å². The summed E-state index contributed by atoms with van der Waals surface area (Å²) < 4.78 is 11.0. The van der Waals surface area contributed by atoms with Gasteiger partial charge in [-0.05, 0) is 12.5 Å². The number of rotatable bonds is 8. The van der Waals surface area contributed by atoms with Gasteiger partial charge in [0.15, 0.2) is 11.5 Å². The van der Waals surface area contributed by atoms with Crippen molar-refractivity contribution in [1.29, 1.82) is 0 Å². The molecule has 0 fully saturated rings. The van der Waals surface area contributed by atoms with Gasteiger partial charge in [-0.2, -0.15) is 0 Å². The first-order chi connectivity index (χ1) is 12.8. The van der Waals surface area contributed by atoms with Gasteiger partial charge in [0.2, 0.25) is 0 Å². The van der Waals surface area contributed by atoms with Crippen LogP contribution in [-0.4, -0.2) is 40.9 Å². The molecule has 0 amide bonds. The number of aromatic carboxylic acids is 2. The number of nitrogens with two attached hydrogens (primary N) is 1. The highest BCUT2D eigenvalue weighted by Crippen LogP contribution is 2.41. The molecule has 0 saturated carbocycles. The summed E-state index contributed by atoms with van der Waals surface area (Å²) in [4.78, 5) is 37.7. The molecular formula is C18H20N2O7. The third-order valence-corrected chi connectivity index (χ3v) is 3.88. The standard InChI is InChI=1S/C18H20N2O7/c1-3-4-8-27-14-9(6-5-7-10(14)26-2)11-12(17(22)23)15(19)20-16(21)13(11)18(24)25/h5-7H,3-4,8H2,1-2H3,(H,22,23)(H,24,25)(H3,19,20,21). The van der Waals surface area contributed by atoms with E-state index in [0.717, 1.165) is 6.42 Å². The number of ether oxygens (including phenoxy) is 2. The van der Waals surface area contributed by atoms with Gasteiger partial charge in [-0.3, -0.25) is 4.79 Å². The lowest BCUT2D eigenvalue weighted by molar-refractivity contribution is 0.0695. The maximum atomic E-state index is 12.2. The lowest BCUT2D eigenvalue weighted by Gasteiger charge is -2.18. The lowest BCUT2D eigenvalue weighted by atomic mass is 9.94. The van der Waals surface area contributed by atoms with Crippen LogP contribution in [0, 0.1) is 0 Å². The predicted octanol–water partition coefficient (Wildman–Crippen LogP) is 2.21. The molecule has 0 saturated heterocycles. The van der Waals surface area contributed by atoms with E-state index in [1.807, 2.05) is 6.92 Å². The third kappa shape index (κ3) is 3.86. The van der Waals surface area contributed by atoms with Crippen LogP contribution < -0.4 is 20.8 Å². The normalized spacial score (nSPS) is 10.4. The molecule has 0 aliphatic rings. The van der Waals surface area contributed by atoms with E-state index in [1.54, 1.807) is 6.07 Å². The van der Waals surface area contributed by atoms with Crippen molar-refractivity contribution in [3.63, 3.8) is 0 Å². The summed E-state index contributed by atoms with van der Waals surface area (Å²) in [6, 6.07) is 4.58. The van der Waals surface area contributed by atoms with Crippen LogP contribution in [0.15, 0.2) is 23.0 Å². The number of unbranched alkanes of at least 4 members (excludes halogenated alkanes) is 1. The van der Waals surface area contributed by atoms with Gasteiger partial charge < -0.3 is 30.4 Å². The Balaban J connectivity index is 2.90. The molecule has 0 aliphatic heterocycles. The Labute approximate surface area is 154 Å². The molecule has 1 aromatic carbocycles. The van der Waals surface area contributed by atoms with Gasteiger partial charge in [0, 0.05) is 11.1 Å². The Morgan fingerprint density at radius 3 is 2.41 bits per heavy atom. The van der Waals surface area contributed by atoms with Crippen LogP contribution >= 0.6 is 0 Å². The molecule has 0 spiro atoms. The lowest BCUT2D eigenvalue weighted by Crippen LogP contribution is -2.24. The number of carboxylic acids is 2.